The Morgan fingerprint density at radius 3 is 2.79 bits per heavy atom. The second-order valence-electron chi connectivity index (χ2n) is 4.28. The molecule has 0 aliphatic heterocycles. The van der Waals surface area contributed by atoms with Gasteiger partial charge in [-0.1, -0.05) is 33.6 Å². The van der Waals surface area contributed by atoms with Gasteiger partial charge < -0.3 is 4.74 Å². The van der Waals surface area contributed by atoms with E-state index in [0.29, 0.717) is 17.4 Å². The fourth-order valence-corrected chi connectivity index (χ4v) is 2.49. The van der Waals surface area contributed by atoms with Crippen LogP contribution in [0.15, 0.2) is 24.3 Å². The SMILES string of the molecule is CCn1nc(C)cc1COc1ccc(CBr)cc1Cl. The summed E-state index contributed by atoms with van der Waals surface area (Å²) < 4.78 is 7.71. The molecule has 0 aliphatic rings. The van der Waals surface area contributed by atoms with E-state index in [-0.39, 0.29) is 0 Å². The Labute approximate surface area is 126 Å². The van der Waals surface area contributed by atoms with Crippen LogP contribution in [0.5, 0.6) is 5.75 Å². The molecule has 3 nitrogen and oxygen atoms in total. The molecule has 0 saturated heterocycles. The monoisotopic (exact) mass is 342 g/mol. The highest BCUT2D eigenvalue weighted by atomic mass is 79.9. The Balaban J connectivity index is 2.09. The molecule has 0 bridgehead atoms. The van der Waals surface area contributed by atoms with Crippen LogP contribution in [0.3, 0.4) is 0 Å². The summed E-state index contributed by atoms with van der Waals surface area (Å²) in [6, 6.07) is 7.84. The number of ether oxygens (including phenoxy) is 1. The number of hydrogen-bond donors (Lipinski definition) is 0. The fraction of sp³-hybridized carbons (Fsp3) is 0.357. The summed E-state index contributed by atoms with van der Waals surface area (Å²) in [6.07, 6.45) is 0. The summed E-state index contributed by atoms with van der Waals surface area (Å²) in [5.74, 6) is 0.702. The van der Waals surface area contributed by atoms with Crippen molar-refractivity contribution in [3.05, 3.63) is 46.2 Å². The van der Waals surface area contributed by atoms with Crippen molar-refractivity contribution < 1.29 is 4.74 Å². The van der Waals surface area contributed by atoms with E-state index in [4.69, 9.17) is 16.3 Å². The van der Waals surface area contributed by atoms with Crippen molar-refractivity contribution in [2.75, 3.05) is 0 Å². The van der Waals surface area contributed by atoms with Crippen molar-refractivity contribution in [2.45, 2.75) is 32.3 Å². The van der Waals surface area contributed by atoms with Gasteiger partial charge in [-0.15, -0.1) is 0 Å². The lowest BCUT2D eigenvalue weighted by Crippen LogP contribution is -2.06. The van der Waals surface area contributed by atoms with Gasteiger partial charge in [0.05, 0.1) is 16.4 Å². The maximum Gasteiger partial charge on any atom is 0.138 e. The molecule has 5 heteroatoms. The van der Waals surface area contributed by atoms with Crippen LogP contribution in [-0.2, 0) is 18.5 Å². The molecular formula is C14H16BrClN2O. The number of halogens is 2. The molecule has 0 amide bonds. The van der Waals surface area contributed by atoms with Gasteiger partial charge in [0.1, 0.15) is 12.4 Å². The summed E-state index contributed by atoms with van der Waals surface area (Å²) in [6.45, 7) is 5.35. The van der Waals surface area contributed by atoms with E-state index in [9.17, 15) is 0 Å². The van der Waals surface area contributed by atoms with Gasteiger partial charge >= 0.3 is 0 Å². The van der Waals surface area contributed by atoms with Crippen molar-refractivity contribution in [1.82, 2.24) is 9.78 Å². The quantitative estimate of drug-likeness (QED) is 0.755. The molecule has 0 spiro atoms. The van der Waals surface area contributed by atoms with Gasteiger partial charge in [0.15, 0.2) is 0 Å². The minimum Gasteiger partial charge on any atom is -0.486 e. The van der Waals surface area contributed by atoms with Crippen LogP contribution in [0.4, 0.5) is 0 Å². The third-order valence-corrected chi connectivity index (χ3v) is 3.75. The first-order valence-corrected chi connectivity index (χ1v) is 7.64. The molecule has 19 heavy (non-hydrogen) atoms. The van der Waals surface area contributed by atoms with Gasteiger partial charge in [-0.05, 0) is 37.6 Å². The highest BCUT2D eigenvalue weighted by molar-refractivity contribution is 9.08. The van der Waals surface area contributed by atoms with E-state index >= 15 is 0 Å². The Hall–Kier alpha value is -1.000. The lowest BCUT2D eigenvalue weighted by atomic mass is 10.2. The predicted octanol–water partition coefficient (Wildman–Crippen LogP) is 4.34. The number of aromatic nitrogens is 2. The number of rotatable bonds is 5. The molecule has 1 heterocycles. The van der Waals surface area contributed by atoms with Gasteiger partial charge in [0, 0.05) is 11.9 Å². The topological polar surface area (TPSA) is 27.1 Å². The fourth-order valence-electron chi connectivity index (χ4n) is 1.89. The number of nitrogens with zero attached hydrogens (tertiary/aromatic N) is 2. The highest BCUT2D eigenvalue weighted by Crippen LogP contribution is 2.27. The second kappa shape index (κ2) is 6.44. The molecule has 0 fully saturated rings. The van der Waals surface area contributed by atoms with Gasteiger partial charge in [-0.3, -0.25) is 4.68 Å². The predicted molar refractivity (Wildman–Crippen MR) is 81.1 cm³/mol. The van der Waals surface area contributed by atoms with Crippen LogP contribution >= 0.6 is 27.5 Å². The molecule has 0 atom stereocenters. The Morgan fingerprint density at radius 1 is 1.37 bits per heavy atom. The molecule has 0 radical (unpaired) electrons. The lowest BCUT2D eigenvalue weighted by Gasteiger charge is -2.10. The van der Waals surface area contributed by atoms with Gasteiger partial charge in [0.25, 0.3) is 0 Å². The first kappa shape index (κ1) is 14.4. The smallest absolute Gasteiger partial charge is 0.138 e. The van der Waals surface area contributed by atoms with E-state index in [2.05, 4.69) is 28.0 Å². The van der Waals surface area contributed by atoms with E-state index in [1.54, 1.807) is 0 Å². The number of alkyl halides is 1. The Kier molecular flexibility index (Phi) is 4.88. The highest BCUT2D eigenvalue weighted by Gasteiger charge is 2.07. The Bertz CT molecular complexity index is 569. The summed E-state index contributed by atoms with van der Waals surface area (Å²) >= 11 is 9.59. The number of benzene rings is 1. The normalized spacial score (nSPS) is 10.7. The van der Waals surface area contributed by atoms with E-state index in [1.165, 1.54) is 0 Å². The van der Waals surface area contributed by atoms with E-state index < -0.39 is 0 Å². The van der Waals surface area contributed by atoms with Crippen LogP contribution in [0, 0.1) is 6.92 Å². The van der Waals surface area contributed by atoms with Crippen molar-refractivity contribution >= 4 is 27.5 Å². The van der Waals surface area contributed by atoms with Crippen molar-refractivity contribution in [2.24, 2.45) is 0 Å². The maximum atomic E-state index is 6.19. The zero-order chi connectivity index (χ0) is 13.8. The minimum atomic E-state index is 0.474. The van der Waals surface area contributed by atoms with Gasteiger partial charge in [-0.2, -0.15) is 5.10 Å². The summed E-state index contributed by atoms with van der Waals surface area (Å²) in [7, 11) is 0. The first-order chi connectivity index (χ1) is 9.13. The lowest BCUT2D eigenvalue weighted by molar-refractivity contribution is 0.292. The van der Waals surface area contributed by atoms with E-state index in [1.807, 2.05) is 35.9 Å². The summed E-state index contributed by atoms with van der Waals surface area (Å²) in [4.78, 5) is 0. The molecule has 1 aromatic carbocycles. The molecule has 0 saturated carbocycles. The van der Waals surface area contributed by atoms with Crippen molar-refractivity contribution in [3.8, 4) is 5.75 Å². The average Bonchev–Trinajstić information content (AvgIpc) is 2.77. The van der Waals surface area contributed by atoms with Crippen LogP contribution < -0.4 is 4.74 Å². The molecule has 102 valence electrons. The zero-order valence-corrected chi connectivity index (χ0v) is 13.3. The molecule has 0 N–H and O–H groups in total. The molecular weight excluding hydrogens is 328 g/mol. The van der Waals surface area contributed by atoms with Gasteiger partial charge in [-0.25, -0.2) is 0 Å². The molecule has 0 aliphatic carbocycles. The molecule has 1 aromatic heterocycles. The standard InChI is InChI=1S/C14H16BrClN2O/c1-3-18-12(6-10(2)17-18)9-19-14-5-4-11(8-15)7-13(14)16/h4-7H,3,8-9H2,1-2H3. The second-order valence-corrected chi connectivity index (χ2v) is 5.25. The van der Waals surface area contributed by atoms with Gasteiger partial charge in [0.2, 0.25) is 0 Å². The zero-order valence-electron chi connectivity index (χ0n) is 11.0. The van der Waals surface area contributed by atoms with Crippen LogP contribution in [0.2, 0.25) is 5.02 Å². The maximum absolute atomic E-state index is 6.19. The van der Waals surface area contributed by atoms with Crippen LogP contribution in [0.1, 0.15) is 23.9 Å². The van der Waals surface area contributed by atoms with Crippen LogP contribution in [-0.4, -0.2) is 9.78 Å². The third kappa shape index (κ3) is 3.51. The molecule has 2 aromatic rings. The molecule has 2 rings (SSSR count). The van der Waals surface area contributed by atoms with E-state index in [0.717, 1.165) is 28.8 Å². The van der Waals surface area contributed by atoms with Crippen molar-refractivity contribution in [3.63, 3.8) is 0 Å². The largest absolute Gasteiger partial charge is 0.486 e. The molecule has 0 unspecified atom stereocenters. The average molecular weight is 344 g/mol. The first-order valence-electron chi connectivity index (χ1n) is 6.14. The number of hydrogen-bond acceptors (Lipinski definition) is 2. The summed E-state index contributed by atoms with van der Waals surface area (Å²) in [5, 5.41) is 5.81. The number of aryl methyl sites for hydroxylation is 2. The Morgan fingerprint density at radius 2 is 2.16 bits per heavy atom. The third-order valence-electron chi connectivity index (χ3n) is 2.81. The minimum absolute atomic E-state index is 0.474. The van der Waals surface area contributed by atoms with Crippen molar-refractivity contribution in [1.29, 1.82) is 0 Å². The summed E-state index contributed by atoms with van der Waals surface area (Å²) in [5.41, 5.74) is 3.19. The van der Waals surface area contributed by atoms with Crippen LogP contribution in [0.25, 0.3) is 0 Å².